The molecule has 0 aliphatic carbocycles. The third kappa shape index (κ3) is 6.34. The summed E-state index contributed by atoms with van der Waals surface area (Å²) >= 11 is -1.34. The molecule has 0 unspecified atom stereocenters. The van der Waals surface area contributed by atoms with Crippen LogP contribution in [-0.2, 0) is 17.6 Å². The number of anilines is 8. The summed E-state index contributed by atoms with van der Waals surface area (Å²) in [5, 5.41) is 4.18. The van der Waals surface area contributed by atoms with E-state index in [-0.39, 0.29) is 0 Å². The average molecular weight is 1230 g/mol. The Morgan fingerprint density at radius 2 is 0.622 bits per heavy atom. The molecule has 0 amide bonds. The van der Waals surface area contributed by atoms with Crippen molar-refractivity contribution < 1.29 is 31.2 Å². The van der Waals surface area contributed by atoms with Crippen molar-refractivity contribution in [3.05, 3.63) is 255 Å². The fourth-order valence-electron chi connectivity index (χ4n) is 13.1. The van der Waals surface area contributed by atoms with Crippen molar-refractivity contribution in [2.24, 2.45) is 0 Å². The van der Waals surface area contributed by atoms with Crippen LogP contribution in [0.2, 0.25) is 0 Å². The first-order valence-electron chi connectivity index (χ1n) is 27.4. The molecule has 386 valence electrons. The molecule has 14 aromatic rings. The van der Waals surface area contributed by atoms with Gasteiger partial charge >= 0.3 is 482 Å². The molecule has 0 saturated heterocycles. The van der Waals surface area contributed by atoms with E-state index in [0.29, 0.717) is 11.5 Å². The SMILES string of the molecule is [c-]1c2cccc1N1[C]3=[Pt]=[C]4N(c5[c-]c(ccc5)O2)c2ccccc2N4c2c4cc(-c5ccccc5)cc2-c2ccc5oc6ccc(cc6c5c2)-c2cc(-c5ccccc5)cc(c2N3c2ccccc21)-c1ccc2oc3ccc-4cc3c2c1. The van der Waals surface area contributed by atoms with Crippen LogP contribution in [0.1, 0.15) is 0 Å². The van der Waals surface area contributed by atoms with Crippen molar-refractivity contribution >= 4 is 97.7 Å². The number of hydrogen-bond donors (Lipinski definition) is 0. The van der Waals surface area contributed by atoms with E-state index in [9.17, 15) is 0 Å². The second-order valence-corrected chi connectivity index (χ2v) is 24.0. The zero-order chi connectivity index (χ0) is 53.3. The Labute approximate surface area is 478 Å². The summed E-state index contributed by atoms with van der Waals surface area (Å²) in [6.07, 6.45) is 0. The third-order valence-corrected chi connectivity index (χ3v) is 19.9. The maximum atomic E-state index is 6.88. The molecule has 5 aliphatic heterocycles. The van der Waals surface area contributed by atoms with Gasteiger partial charge in [-0.25, -0.2) is 0 Å². The molecule has 0 spiro atoms. The molecule has 82 heavy (non-hydrogen) atoms. The zero-order valence-electron chi connectivity index (χ0n) is 43.4. The van der Waals surface area contributed by atoms with E-state index in [0.717, 1.165) is 164 Å². The topological polar surface area (TPSA) is 48.5 Å². The molecule has 7 heterocycles. The number of furan rings is 2. The van der Waals surface area contributed by atoms with Crippen LogP contribution in [0.3, 0.4) is 0 Å². The molecule has 19 rings (SSSR count). The van der Waals surface area contributed by atoms with Crippen molar-refractivity contribution in [1.82, 2.24) is 0 Å². The summed E-state index contributed by atoms with van der Waals surface area (Å²) < 4.78 is 22.9. The molecular formula is C74H40N4O3Pt-2. The van der Waals surface area contributed by atoms with Gasteiger partial charge in [0.15, 0.2) is 0 Å². The van der Waals surface area contributed by atoms with Gasteiger partial charge in [-0.3, -0.25) is 0 Å². The molecule has 2 aromatic heterocycles. The Balaban J connectivity index is 1.10. The predicted molar refractivity (Wildman–Crippen MR) is 329 cm³/mol. The van der Waals surface area contributed by atoms with E-state index in [4.69, 9.17) is 13.6 Å². The molecule has 0 radical (unpaired) electrons. The second kappa shape index (κ2) is 16.6. The molecular weight excluding hydrogens is 1190 g/mol. The summed E-state index contributed by atoms with van der Waals surface area (Å²) in [6.45, 7) is 0. The molecule has 16 bridgehead atoms. The first-order chi connectivity index (χ1) is 40.6. The van der Waals surface area contributed by atoms with Crippen molar-refractivity contribution in [3.8, 4) is 78.3 Å². The van der Waals surface area contributed by atoms with Crippen LogP contribution < -0.4 is 24.3 Å². The number of rotatable bonds is 2. The summed E-state index contributed by atoms with van der Waals surface area (Å²) in [6, 6.07) is 96.4. The molecule has 0 saturated carbocycles. The molecule has 12 aromatic carbocycles. The Bertz CT molecular complexity index is 4750. The molecule has 0 atom stereocenters. The van der Waals surface area contributed by atoms with Gasteiger partial charge in [0.05, 0.1) is 0 Å². The van der Waals surface area contributed by atoms with E-state index in [1.54, 1.807) is 0 Å². The third-order valence-electron chi connectivity index (χ3n) is 16.8. The standard InChI is InChI=1S/C74H40N4O3.Pt/c1-3-13-45(14-4-1)51-37-57-47-25-29-69-61(33-47)63-35-49(27-31-71(63)80-69)59-39-52(46-15-5-2-6-16-46)40-60-50-28-32-72-64(36-50)62-34-48(26-30-70(62)81-72)58(38-51)73(57)77-43-75(65-21-7-9-23-67(65)77)53-17-11-19-55(41-53)79-56-20-12-18-54(42-56)76-44-78(74(59)60)68-24-10-8-22-66(68)76;/h1-40H;/q-2;. The van der Waals surface area contributed by atoms with Crippen molar-refractivity contribution in [3.63, 3.8) is 0 Å². The molecule has 5 aliphatic rings. The van der Waals surface area contributed by atoms with Crippen molar-refractivity contribution in [2.75, 3.05) is 19.6 Å². The van der Waals surface area contributed by atoms with Gasteiger partial charge in [-0.05, 0) is 0 Å². The van der Waals surface area contributed by atoms with Crippen molar-refractivity contribution in [1.29, 1.82) is 0 Å². The van der Waals surface area contributed by atoms with Gasteiger partial charge < -0.3 is 0 Å². The van der Waals surface area contributed by atoms with Gasteiger partial charge in [-0.2, -0.15) is 0 Å². The Morgan fingerprint density at radius 3 is 0.988 bits per heavy atom. The molecule has 8 heteroatoms. The minimum absolute atomic E-state index is 0.605. The monoisotopic (exact) mass is 1230 g/mol. The van der Waals surface area contributed by atoms with Gasteiger partial charge in [0.25, 0.3) is 0 Å². The number of hydrogen-bond acceptors (Lipinski definition) is 7. The van der Waals surface area contributed by atoms with E-state index >= 15 is 0 Å². The molecule has 7 nitrogen and oxygen atoms in total. The summed E-state index contributed by atoms with van der Waals surface area (Å²) in [4.78, 5) is 10.1. The Morgan fingerprint density at radius 1 is 0.280 bits per heavy atom. The molecule has 0 N–H and O–H groups in total. The fraction of sp³-hybridized carbons (Fsp3) is 0. The van der Waals surface area contributed by atoms with Crippen LogP contribution in [0.25, 0.3) is 111 Å². The predicted octanol–water partition coefficient (Wildman–Crippen LogP) is 19.4. The van der Waals surface area contributed by atoms with E-state index < -0.39 is 17.6 Å². The van der Waals surface area contributed by atoms with Gasteiger partial charge in [-0.1, -0.05) is 0 Å². The number of fused-ring (bicyclic) bond motifs is 18. The Kier molecular flexibility index (Phi) is 9.02. The second-order valence-electron chi connectivity index (χ2n) is 21.4. The Hall–Kier alpha value is -10.3. The first kappa shape index (κ1) is 44.5. The number of benzene rings is 12. The summed E-state index contributed by atoms with van der Waals surface area (Å²) in [5.74, 6) is 1.21. The van der Waals surface area contributed by atoms with Crippen molar-refractivity contribution in [2.45, 2.75) is 0 Å². The number of nitrogens with zero attached hydrogens (tertiary/aromatic N) is 4. The van der Waals surface area contributed by atoms with Crippen LogP contribution in [0.5, 0.6) is 11.5 Å². The van der Waals surface area contributed by atoms with Gasteiger partial charge in [0, 0.05) is 0 Å². The van der Waals surface area contributed by atoms with Gasteiger partial charge in [0.2, 0.25) is 0 Å². The van der Waals surface area contributed by atoms with Gasteiger partial charge in [0.1, 0.15) is 0 Å². The maximum absolute atomic E-state index is 6.88. The summed E-state index contributed by atoms with van der Waals surface area (Å²) in [7, 11) is 0. The van der Waals surface area contributed by atoms with Crippen LogP contribution in [0, 0.1) is 12.1 Å². The summed E-state index contributed by atoms with van der Waals surface area (Å²) in [5.41, 5.74) is 24.5. The van der Waals surface area contributed by atoms with Crippen LogP contribution >= 0.6 is 0 Å². The molecule has 0 fully saturated rings. The minimum atomic E-state index is -1.34. The van der Waals surface area contributed by atoms with Crippen LogP contribution in [0.4, 0.5) is 45.5 Å². The average Bonchev–Trinajstić information content (AvgIpc) is 4.05. The fourth-order valence-corrected chi connectivity index (χ4v) is 16.8. The van der Waals surface area contributed by atoms with Crippen LogP contribution in [0.15, 0.2) is 251 Å². The number of ether oxygens (including phenoxy) is 1. The van der Waals surface area contributed by atoms with E-state index in [2.05, 4.69) is 262 Å². The first-order valence-corrected chi connectivity index (χ1v) is 29.7. The quantitative estimate of drug-likeness (QED) is 0.160. The normalized spacial score (nSPS) is 14.1. The van der Waals surface area contributed by atoms with Gasteiger partial charge in [-0.15, -0.1) is 0 Å². The van der Waals surface area contributed by atoms with E-state index in [1.807, 2.05) is 12.1 Å². The number of para-hydroxylation sites is 4. The van der Waals surface area contributed by atoms with Crippen LogP contribution in [-0.4, -0.2) is 8.29 Å². The zero-order valence-corrected chi connectivity index (χ0v) is 45.7. The van der Waals surface area contributed by atoms with E-state index in [1.165, 1.54) is 0 Å².